The molecule has 2 aliphatic rings. The fraction of sp³-hybridized carbons (Fsp3) is 0.444. The molecule has 0 aliphatic carbocycles. The highest BCUT2D eigenvalue weighted by Gasteiger charge is 2.38. The summed E-state index contributed by atoms with van der Waals surface area (Å²) < 4.78 is 7.80. The average Bonchev–Trinajstić information content (AvgIpc) is 3.20. The maximum Gasteiger partial charge on any atom is 0.269 e. The molecule has 2 aromatic rings. The minimum atomic E-state index is -0.0552. The number of rotatable bonds is 3. The highest BCUT2D eigenvalue weighted by atomic mass is 16.5. The Balaban J connectivity index is 1.38. The van der Waals surface area contributed by atoms with E-state index in [9.17, 15) is 4.79 Å². The van der Waals surface area contributed by atoms with Crippen LogP contribution in [0.25, 0.3) is 0 Å². The monoisotopic (exact) mass is 326 g/mol. The van der Waals surface area contributed by atoms with Crippen molar-refractivity contribution in [2.24, 2.45) is 7.05 Å². The predicted molar refractivity (Wildman–Crippen MR) is 89.6 cm³/mol. The van der Waals surface area contributed by atoms with Gasteiger partial charge in [-0.15, -0.1) is 0 Å². The molecule has 0 unspecified atom stereocenters. The van der Waals surface area contributed by atoms with Crippen LogP contribution in [0.4, 0.5) is 0 Å². The molecule has 2 saturated heterocycles. The van der Waals surface area contributed by atoms with Gasteiger partial charge >= 0.3 is 0 Å². The number of nitrogens with zero attached hydrogens (tertiary/aromatic N) is 3. The summed E-state index contributed by atoms with van der Waals surface area (Å²) in [6, 6.07) is 10.9. The summed E-state index contributed by atoms with van der Waals surface area (Å²) in [7, 11) is 1.83. The van der Waals surface area contributed by atoms with Gasteiger partial charge in [0.2, 0.25) is 0 Å². The van der Waals surface area contributed by atoms with E-state index in [-0.39, 0.29) is 18.1 Å². The number of benzene rings is 1. The molecule has 2 aliphatic heterocycles. The zero-order valence-electron chi connectivity index (χ0n) is 13.8. The molecule has 1 aromatic carbocycles. The molecule has 24 heavy (non-hydrogen) atoms. The lowest BCUT2D eigenvalue weighted by molar-refractivity contribution is -0.0502. The number of aryl methyl sites for hydroxylation is 1. The van der Waals surface area contributed by atoms with Crippen molar-refractivity contribution in [3.63, 3.8) is 0 Å². The number of amides is 1. The Morgan fingerprint density at radius 1 is 1.29 bits per heavy atom. The van der Waals surface area contributed by atoms with Crippen molar-refractivity contribution in [1.82, 2.24) is 19.8 Å². The Bertz CT molecular complexity index is 715. The highest BCUT2D eigenvalue weighted by molar-refractivity contribution is 5.92. The second-order valence-electron chi connectivity index (χ2n) is 6.64. The van der Waals surface area contributed by atoms with Gasteiger partial charge in [0.25, 0.3) is 5.91 Å². The first-order valence-electron chi connectivity index (χ1n) is 8.38. The number of ether oxygens (including phenoxy) is 1. The van der Waals surface area contributed by atoms with E-state index in [0.717, 1.165) is 26.1 Å². The van der Waals surface area contributed by atoms with Crippen molar-refractivity contribution in [2.45, 2.75) is 24.6 Å². The lowest BCUT2D eigenvalue weighted by Crippen LogP contribution is -2.43. The molecule has 4 rings (SSSR count). The van der Waals surface area contributed by atoms with Crippen LogP contribution in [0, 0.1) is 0 Å². The van der Waals surface area contributed by atoms with Crippen LogP contribution in [0.5, 0.6) is 0 Å². The van der Waals surface area contributed by atoms with E-state index in [4.69, 9.17) is 4.74 Å². The van der Waals surface area contributed by atoms with Gasteiger partial charge in [-0.2, -0.15) is 0 Å². The second kappa shape index (κ2) is 6.37. The van der Waals surface area contributed by atoms with Gasteiger partial charge in [0.05, 0.1) is 25.2 Å². The minimum absolute atomic E-state index is 0.0552. The summed E-state index contributed by atoms with van der Waals surface area (Å²) in [5.41, 5.74) is 1.82. The van der Waals surface area contributed by atoms with Crippen LogP contribution < -0.4 is 5.32 Å². The van der Waals surface area contributed by atoms with Crippen LogP contribution in [-0.4, -0.2) is 52.1 Å². The summed E-state index contributed by atoms with van der Waals surface area (Å²) in [6.07, 6.45) is 4.30. The molecule has 0 bridgehead atoms. The molecule has 6 heteroatoms. The predicted octanol–water partition coefficient (Wildman–Crippen LogP) is 1.36. The molecule has 1 N–H and O–H groups in total. The first-order chi connectivity index (χ1) is 11.7. The number of hydrogen-bond donors (Lipinski definition) is 1. The van der Waals surface area contributed by atoms with Gasteiger partial charge in [0, 0.05) is 32.2 Å². The van der Waals surface area contributed by atoms with E-state index in [1.54, 1.807) is 17.1 Å². The number of carbonyl (C=O) groups is 1. The molecule has 3 heterocycles. The summed E-state index contributed by atoms with van der Waals surface area (Å²) in [5, 5.41) is 3.14. The van der Waals surface area contributed by atoms with Gasteiger partial charge in [-0.1, -0.05) is 30.3 Å². The van der Waals surface area contributed by atoms with Gasteiger partial charge < -0.3 is 14.6 Å². The number of nitrogens with one attached hydrogen (secondary N) is 1. The van der Waals surface area contributed by atoms with E-state index in [1.165, 1.54) is 5.56 Å². The lowest BCUT2D eigenvalue weighted by atomic mass is 10.1. The van der Waals surface area contributed by atoms with E-state index in [1.807, 2.05) is 25.2 Å². The minimum Gasteiger partial charge on any atom is -0.371 e. The lowest BCUT2D eigenvalue weighted by Gasteiger charge is -2.35. The molecular weight excluding hydrogens is 304 g/mol. The third-order valence-corrected chi connectivity index (χ3v) is 4.97. The summed E-state index contributed by atoms with van der Waals surface area (Å²) in [6.45, 7) is 2.48. The molecule has 6 nitrogen and oxygen atoms in total. The zero-order valence-corrected chi connectivity index (χ0v) is 13.8. The first-order valence-corrected chi connectivity index (χ1v) is 8.38. The third kappa shape index (κ3) is 2.95. The molecule has 0 saturated carbocycles. The van der Waals surface area contributed by atoms with E-state index in [2.05, 4.69) is 27.3 Å². The van der Waals surface area contributed by atoms with Gasteiger partial charge in [-0.25, -0.2) is 4.98 Å². The van der Waals surface area contributed by atoms with Crippen molar-refractivity contribution >= 4 is 5.91 Å². The van der Waals surface area contributed by atoms with Gasteiger partial charge in [-0.3, -0.25) is 9.69 Å². The Morgan fingerprint density at radius 2 is 2.12 bits per heavy atom. The van der Waals surface area contributed by atoms with Crippen molar-refractivity contribution in [1.29, 1.82) is 0 Å². The van der Waals surface area contributed by atoms with E-state index >= 15 is 0 Å². The number of fused-ring (bicyclic) bond motifs is 1. The van der Waals surface area contributed by atoms with Crippen molar-refractivity contribution in [2.75, 3.05) is 19.7 Å². The fourth-order valence-corrected chi connectivity index (χ4v) is 3.68. The fourth-order valence-electron chi connectivity index (χ4n) is 3.68. The van der Waals surface area contributed by atoms with Crippen LogP contribution in [0.2, 0.25) is 0 Å². The van der Waals surface area contributed by atoms with Crippen LogP contribution in [0.1, 0.15) is 28.6 Å². The molecular formula is C18H22N4O2. The number of hydrogen-bond acceptors (Lipinski definition) is 4. The highest BCUT2D eigenvalue weighted by Crippen LogP contribution is 2.30. The smallest absolute Gasteiger partial charge is 0.269 e. The molecule has 3 atom stereocenters. The van der Waals surface area contributed by atoms with Crippen molar-refractivity contribution in [3.8, 4) is 0 Å². The Labute approximate surface area is 141 Å². The zero-order chi connectivity index (χ0) is 16.5. The van der Waals surface area contributed by atoms with Gasteiger partial charge in [0.1, 0.15) is 5.69 Å². The van der Waals surface area contributed by atoms with E-state index in [0.29, 0.717) is 11.7 Å². The van der Waals surface area contributed by atoms with Gasteiger partial charge in [0.15, 0.2) is 0 Å². The largest absolute Gasteiger partial charge is 0.371 e. The van der Waals surface area contributed by atoms with Crippen LogP contribution >= 0.6 is 0 Å². The normalized spacial score (nSPS) is 27.0. The average molecular weight is 326 g/mol. The molecule has 1 amide bonds. The van der Waals surface area contributed by atoms with Crippen LogP contribution in [-0.2, 0) is 11.8 Å². The number of morpholine rings is 1. The summed E-state index contributed by atoms with van der Waals surface area (Å²) >= 11 is 0. The molecule has 126 valence electrons. The number of carbonyl (C=O) groups excluding carboxylic acids is 1. The Hall–Kier alpha value is -2.18. The van der Waals surface area contributed by atoms with Crippen LogP contribution in [0.15, 0.2) is 42.9 Å². The quantitative estimate of drug-likeness (QED) is 0.925. The van der Waals surface area contributed by atoms with Crippen molar-refractivity contribution in [3.05, 3.63) is 54.1 Å². The van der Waals surface area contributed by atoms with Crippen molar-refractivity contribution < 1.29 is 9.53 Å². The number of imidazole rings is 1. The summed E-state index contributed by atoms with van der Waals surface area (Å²) in [5.74, 6) is -0.0552. The molecule has 0 radical (unpaired) electrons. The molecule has 1 aromatic heterocycles. The second-order valence-corrected chi connectivity index (χ2v) is 6.64. The summed E-state index contributed by atoms with van der Waals surface area (Å²) in [4.78, 5) is 18.8. The topological polar surface area (TPSA) is 59.4 Å². The number of aromatic nitrogens is 2. The Morgan fingerprint density at radius 3 is 2.88 bits per heavy atom. The third-order valence-electron chi connectivity index (χ3n) is 4.97. The standard InChI is InChI=1S/C18H22N4O2/c1-21-12-19-8-16(21)18(23)20-14-7-15-11-24-17(10-22(15)9-14)13-5-3-2-4-6-13/h2-6,8,12,14-15,17H,7,9-11H2,1H3,(H,20,23)/t14-,15-,17+/m0/s1. The van der Waals surface area contributed by atoms with E-state index < -0.39 is 0 Å². The maximum absolute atomic E-state index is 12.4. The van der Waals surface area contributed by atoms with Gasteiger partial charge in [-0.05, 0) is 12.0 Å². The van der Waals surface area contributed by atoms with Crippen LogP contribution in [0.3, 0.4) is 0 Å². The Kier molecular flexibility index (Phi) is 4.08. The molecule has 2 fully saturated rings. The SMILES string of the molecule is Cn1cncc1C(=O)N[C@H]1C[C@H]2CO[C@@H](c3ccccc3)CN2C1. The maximum atomic E-state index is 12.4. The molecule has 0 spiro atoms. The first kappa shape index (κ1) is 15.4.